The molecular formula is C25H22N2O4. The zero-order valence-corrected chi connectivity index (χ0v) is 17.1. The molecule has 0 aromatic heterocycles. The van der Waals surface area contributed by atoms with Crippen LogP contribution in [0.5, 0.6) is 0 Å². The fourth-order valence-corrected chi connectivity index (χ4v) is 3.59. The fraction of sp³-hybridized carbons (Fsp3) is 0.160. The van der Waals surface area contributed by atoms with E-state index < -0.39 is 18.0 Å². The summed E-state index contributed by atoms with van der Waals surface area (Å²) < 4.78 is 5.26. The first kappa shape index (κ1) is 20.3. The van der Waals surface area contributed by atoms with Gasteiger partial charge in [-0.25, -0.2) is 0 Å². The zero-order chi connectivity index (χ0) is 22.0. The van der Waals surface area contributed by atoms with Gasteiger partial charge in [-0.1, -0.05) is 55.1 Å². The summed E-state index contributed by atoms with van der Waals surface area (Å²) in [5.74, 6) is -1.16. The van der Waals surface area contributed by atoms with Gasteiger partial charge in [0.2, 0.25) is 0 Å². The van der Waals surface area contributed by atoms with Crippen LogP contribution < -0.4 is 5.32 Å². The first-order chi connectivity index (χ1) is 14.9. The number of amides is 2. The molecular weight excluding hydrogens is 392 g/mol. The van der Waals surface area contributed by atoms with Gasteiger partial charge in [-0.2, -0.15) is 0 Å². The fourth-order valence-electron chi connectivity index (χ4n) is 3.59. The number of anilines is 1. The van der Waals surface area contributed by atoms with Gasteiger partial charge in [-0.15, -0.1) is 0 Å². The van der Waals surface area contributed by atoms with E-state index in [0.29, 0.717) is 16.9 Å². The van der Waals surface area contributed by atoms with Crippen molar-refractivity contribution in [1.29, 1.82) is 0 Å². The van der Waals surface area contributed by atoms with Crippen molar-refractivity contribution in [3.05, 3.63) is 84.4 Å². The van der Waals surface area contributed by atoms with Crippen LogP contribution in [0, 0.1) is 0 Å². The van der Waals surface area contributed by atoms with Crippen molar-refractivity contribution in [2.24, 2.45) is 0 Å². The molecule has 31 heavy (non-hydrogen) atoms. The third kappa shape index (κ3) is 4.19. The third-order valence-electron chi connectivity index (χ3n) is 5.27. The summed E-state index contributed by atoms with van der Waals surface area (Å²) in [5, 5.41) is 4.84. The Morgan fingerprint density at radius 2 is 1.68 bits per heavy atom. The topological polar surface area (TPSA) is 75.7 Å². The average Bonchev–Trinajstić information content (AvgIpc) is 3.02. The average molecular weight is 414 g/mol. The first-order valence-electron chi connectivity index (χ1n) is 10.0. The van der Waals surface area contributed by atoms with Crippen molar-refractivity contribution in [2.75, 3.05) is 11.9 Å². The van der Waals surface area contributed by atoms with E-state index in [1.165, 1.54) is 11.8 Å². The van der Waals surface area contributed by atoms with Crippen LogP contribution in [-0.2, 0) is 14.3 Å². The van der Waals surface area contributed by atoms with Crippen LogP contribution in [0.2, 0.25) is 0 Å². The normalized spacial score (nSPS) is 13.8. The Balaban J connectivity index is 1.30. The summed E-state index contributed by atoms with van der Waals surface area (Å²) in [6.07, 6.45) is -1.000. The van der Waals surface area contributed by atoms with Crippen molar-refractivity contribution in [3.63, 3.8) is 0 Å². The summed E-state index contributed by atoms with van der Waals surface area (Å²) in [5.41, 5.74) is 2.53. The van der Waals surface area contributed by atoms with Gasteiger partial charge in [0.05, 0.1) is 6.42 Å². The molecule has 1 aliphatic rings. The van der Waals surface area contributed by atoms with Crippen LogP contribution in [0.15, 0.2) is 73.3 Å². The summed E-state index contributed by atoms with van der Waals surface area (Å²) in [6.45, 7) is 5.61. The van der Waals surface area contributed by atoms with Gasteiger partial charge in [0.25, 0.3) is 11.8 Å². The summed E-state index contributed by atoms with van der Waals surface area (Å²) >= 11 is 0. The lowest BCUT2D eigenvalue weighted by Crippen LogP contribution is -2.32. The molecule has 0 bridgehead atoms. The Kier molecular flexibility index (Phi) is 5.54. The van der Waals surface area contributed by atoms with E-state index in [4.69, 9.17) is 4.74 Å². The van der Waals surface area contributed by atoms with E-state index in [-0.39, 0.29) is 18.9 Å². The molecule has 3 aromatic carbocycles. The molecule has 0 radical (unpaired) electrons. The highest BCUT2D eigenvalue weighted by atomic mass is 16.5. The number of ether oxygens (including phenoxy) is 1. The van der Waals surface area contributed by atoms with E-state index in [1.54, 1.807) is 18.2 Å². The highest BCUT2D eigenvalue weighted by Crippen LogP contribution is 2.31. The van der Waals surface area contributed by atoms with Crippen molar-refractivity contribution in [3.8, 4) is 0 Å². The standard InChI is InChI=1S/C25H22N2O4/c1-16-21-9-5-6-10-22(21)25(30)27(16)14-13-23(28)31-17(2)24(29)26-20-12-11-18-7-3-4-8-19(18)15-20/h3-12,15,17H,1,13-14H2,2H3,(H,26,29)/t17-/m1/s1. The Morgan fingerprint density at radius 3 is 2.42 bits per heavy atom. The van der Waals surface area contributed by atoms with Gasteiger partial charge in [-0.05, 0) is 35.9 Å². The Morgan fingerprint density at radius 1 is 1.00 bits per heavy atom. The van der Waals surface area contributed by atoms with Crippen molar-refractivity contribution in [1.82, 2.24) is 4.90 Å². The lowest BCUT2D eigenvalue weighted by molar-refractivity contribution is -0.153. The second-order valence-corrected chi connectivity index (χ2v) is 7.38. The SMILES string of the molecule is C=C1c2ccccc2C(=O)N1CCC(=O)O[C@H](C)C(=O)Nc1ccc2ccccc2c1. The molecule has 4 rings (SSSR count). The number of hydrogen-bond donors (Lipinski definition) is 1. The number of carbonyl (C=O) groups is 3. The van der Waals surface area contributed by atoms with Gasteiger partial charge in [0.15, 0.2) is 6.10 Å². The number of fused-ring (bicyclic) bond motifs is 2. The molecule has 0 spiro atoms. The largest absolute Gasteiger partial charge is 0.452 e. The van der Waals surface area contributed by atoms with Crippen LogP contribution in [0.25, 0.3) is 16.5 Å². The molecule has 1 aliphatic heterocycles. The van der Waals surface area contributed by atoms with Crippen LogP contribution in [0.1, 0.15) is 29.3 Å². The molecule has 1 N–H and O–H groups in total. The highest BCUT2D eigenvalue weighted by Gasteiger charge is 2.31. The lowest BCUT2D eigenvalue weighted by Gasteiger charge is -2.18. The second kappa shape index (κ2) is 8.44. The number of hydrogen-bond acceptors (Lipinski definition) is 4. The molecule has 6 nitrogen and oxygen atoms in total. The van der Waals surface area contributed by atoms with Crippen LogP contribution >= 0.6 is 0 Å². The molecule has 2 amide bonds. The van der Waals surface area contributed by atoms with E-state index in [9.17, 15) is 14.4 Å². The maximum absolute atomic E-state index is 12.5. The molecule has 156 valence electrons. The minimum atomic E-state index is -0.964. The molecule has 0 saturated heterocycles. The van der Waals surface area contributed by atoms with Gasteiger partial charge in [-0.3, -0.25) is 14.4 Å². The maximum Gasteiger partial charge on any atom is 0.308 e. The van der Waals surface area contributed by atoms with Crippen LogP contribution in [0.3, 0.4) is 0 Å². The van der Waals surface area contributed by atoms with Gasteiger partial charge in [0.1, 0.15) is 0 Å². The predicted octanol–water partition coefficient (Wildman–Crippen LogP) is 4.23. The molecule has 1 atom stereocenters. The minimum absolute atomic E-state index is 0.0354. The summed E-state index contributed by atoms with van der Waals surface area (Å²) in [7, 11) is 0. The molecule has 3 aromatic rings. The van der Waals surface area contributed by atoms with Crippen molar-refractivity contribution >= 4 is 39.9 Å². The molecule has 0 unspecified atom stereocenters. The highest BCUT2D eigenvalue weighted by molar-refractivity contribution is 6.09. The van der Waals surface area contributed by atoms with E-state index in [1.807, 2.05) is 48.5 Å². The van der Waals surface area contributed by atoms with Crippen LogP contribution in [0.4, 0.5) is 5.69 Å². The summed E-state index contributed by atoms with van der Waals surface area (Å²) in [4.78, 5) is 38.6. The van der Waals surface area contributed by atoms with Crippen molar-refractivity contribution < 1.29 is 19.1 Å². The number of nitrogens with one attached hydrogen (secondary N) is 1. The number of nitrogens with zero attached hydrogens (tertiary/aromatic N) is 1. The molecule has 1 heterocycles. The maximum atomic E-state index is 12.5. The number of benzene rings is 3. The monoisotopic (exact) mass is 414 g/mol. The lowest BCUT2D eigenvalue weighted by atomic mass is 10.1. The number of esters is 1. The molecule has 0 saturated carbocycles. The molecule has 0 aliphatic carbocycles. The Hall–Kier alpha value is -3.93. The van der Waals surface area contributed by atoms with Gasteiger partial charge < -0.3 is 15.0 Å². The van der Waals surface area contributed by atoms with E-state index in [0.717, 1.165) is 16.3 Å². The quantitative estimate of drug-likeness (QED) is 0.613. The van der Waals surface area contributed by atoms with E-state index in [2.05, 4.69) is 11.9 Å². The summed E-state index contributed by atoms with van der Waals surface area (Å²) in [6, 6.07) is 20.6. The smallest absolute Gasteiger partial charge is 0.308 e. The number of carbonyl (C=O) groups excluding carboxylic acids is 3. The minimum Gasteiger partial charge on any atom is -0.452 e. The van der Waals surface area contributed by atoms with Gasteiger partial charge in [0, 0.05) is 29.1 Å². The zero-order valence-electron chi connectivity index (χ0n) is 17.1. The van der Waals surface area contributed by atoms with Gasteiger partial charge >= 0.3 is 5.97 Å². The second-order valence-electron chi connectivity index (χ2n) is 7.38. The third-order valence-corrected chi connectivity index (χ3v) is 5.27. The Bertz CT molecular complexity index is 1170. The number of rotatable bonds is 6. The Labute approximate surface area is 180 Å². The predicted molar refractivity (Wildman–Crippen MR) is 119 cm³/mol. The first-order valence-corrected chi connectivity index (χ1v) is 10.0. The molecule has 6 heteroatoms. The van der Waals surface area contributed by atoms with Crippen molar-refractivity contribution in [2.45, 2.75) is 19.4 Å². The van der Waals surface area contributed by atoms with Crippen LogP contribution in [-0.4, -0.2) is 35.3 Å². The van der Waals surface area contributed by atoms with E-state index >= 15 is 0 Å². The molecule has 0 fully saturated rings.